The minimum atomic E-state index is -4.83. The minimum absolute atomic E-state index is 0.120. The molecule has 2 rings (SSSR count). The summed E-state index contributed by atoms with van der Waals surface area (Å²) in [5.74, 6) is -0.579. The van der Waals surface area contributed by atoms with Gasteiger partial charge < -0.3 is 14.8 Å². The van der Waals surface area contributed by atoms with Crippen molar-refractivity contribution in [2.24, 2.45) is 0 Å². The van der Waals surface area contributed by atoms with Crippen molar-refractivity contribution in [2.75, 3.05) is 20.8 Å². The predicted molar refractivity (Wildman–Crippen MR) is 103 cm³/mol. The van der Waals surface area contributed by atoms with Crippen LogP contribution in [-0.2, 0) is 15.1 Å². The van der Waals surface area contributed by atoms with Crippen LogP contribution in [0.5, 0.6) is 5.75 Å². The van der Waals surface area contributed by atoms with Crippen LogP contribution >= 0.6 is 0 Å². The fourth-order valence-electron chi connectivity index (χ4n) is 2.70. The fourth-order valence-corrected chi connectivity index (χ4v) is 2.70. The van der Waals surface area contributed by atoms with Crippen LogP contribution in [-0.4, -0.2) is 37.8 Å². The maximum absolute atomic E-state index is 13.9. The zero-order valence-electron chi connectivity index (χ0n) is 16.1. The van der Waals surface area contributed by atoms with Crippen molar-refractivity contribution in [3.05, 3.63) is 75.8 Å². The summed E-state index contributed by atoms with van der Waals surface area (Å²) in [4.78, 5) is 22.1. The van der Waals surface area contributed by atoms with Gasteiger partial charge in [-0.25, -0.2) is 0 Å². The molecule has 0 spiro atoms. The summed E-state index contributed by atoms with van der Waals surface area (Å²) in [6.45, 7) is -0.871. The quantitative estimate of drug-likeness (QED) is 0.395. The third kappa shape index (κ3) is 5.15. The molecular formula is C20H19F3N2O5. The molecule has 0 fully saturated rings. The van der Waals surface area contributed by atoms with E-state index in [1.54, 1.807) is 0 Å². The molecule has 0 aromatic heterocycles. The van der Waals surface area contributed by atoms with Crippen LogP contribution in [0, 0.1) is 10.1 Å². The summed E-state index contributed by atoms with van der Waals surface area (Å²) in [6, 6.07) is 10.6. The van der Waals surface area contributed by atoms with Crippen molar-refractivity contribution in [3.63, 3.8) is 0 Å². The summed E-state index contributed by atoms with van der Waals surface area (Å²) in [5, 5.41) is 12.8. The molecule has 1 N–H and O–H groups in total. The highest BCUT2D eigenvalue weighted by Gasteiger charge is 2.57. The highest BCUT2D eigenvalue weighted by atomic mass is 19.4. The Morgan fingerprint density at radius 2 is 1.83 bits per heavy atom. The third-order valence-corrected chi connectivity index (χ3v) is 4.39. The van der Waals surface area contributed by atoms with Crippen LogP contribution in [0.3, 0.4) is 0 Å². The first kappa shape index (κ1) is 22.9. The second kappa shape index (κ2) is 9.40. The number of amides is 1. The normalized spacial score (nSPS) is 13.6. The van der Waals surface area contributed by atoms with Crippen molar-refractivity contribution in [1.29, 1.82) is 0 Å². The lowest BCUT2D eigenvalue weighted by Gasteiger charge is -2.35. The van der Waals surface area contributed by atoms with Gasteiger partial charge in [0.05, 0.1) is 18.6 Å². The Morgan fingerprint density at radius 3 is 2.37 bits per heavy atom. The van der Waals surface area contributed by atoms with Crippen LogP contribution < -0.4 is 10.1 Å². The summed E-state index contributed by atoms with van der Waals surface area (Å²) in [6.07, 6.45) is -2.47. The zero-order chi connectivity index (χ0) is 22.4. The summed E-state index contributed by atoms with van der Waals surface area (Å²) in [5.41, 5.74) is -2.66. The molecule has 1 unspecified atom stereocenters. The molecular weight excluding hydrogens is 405 g/mol. The number of halogens is 3. The van der Waals surface area contributed by atoms with Crippen LogP contribution in [0.2, 0.25) is 0 Å². The Hall–Kier alpha value is -3.40. The number of non-ortho nitro benzene ring substituents is 1. The van der Waals surface area contributed by atoms with E-state index < -0.39 is 29.2 Å². The second-order valence-electron chi connectivity index (χ2n) is 6.16. The average Bonchev–Trinajstić information content (AvgIpc) is 2.72. The lowest BCUT2D eigenvalue weighted by Crippen LogP contribution is -2.52. The van der Waals surface area contributed by atoms with Crippen molar-refractivity contribution >= 4 is 17.7 Å². The molecule has 160 valence electrons. The number of carbonyl (C=O) groups is 1. The Balaban J connectivity index is 2.18. The second-order valence-corrected chi connectivity index (χ2v) is 6.16. The summed E-state index contributed by atoms with van der Waals surface area (Å²) < 4.78 is 51.6. The number of nitro groups is 1. The van der Waals surface area contributed by atoms with E-state index in [4.69, 9.17) is 9.47 Å². The number of hydrogen-bond donors (Lipinski definition) is 1. The number of methoxy groups -OCH3 is 2. The largest absolute Gasteiger partial charge is 0.497 e. The van der Waals surface area contributed by atoms with E-state index in [0.29, 0.717) is 5.56 Å². The number of nitrogens with one attached hydrogen (secondary N) is 1. The van der Waals surface area contributed by atoms with Crippen molar-refractivity contribution in [2.45, 2.75) is 11.8 Å². The van der Waals surface area contributed by atoms with E-state index in [-0.39, 0.29) is 17.0 Å². The number of hydrogen-bond acceptors (Lipinski definition) is 5. The van der Waals surface area contributed by atoms with E-state index in [1.165, 1.54) is 61.7 Å². The first-order valence-corrected chi connectivity index (χ1v) is 8.60. The molecule has 0 aliphatic rings. The number of nitro benzene ring substituents is 1. The molecule has 2 aromatic rings. The predicted octanol–water partition coefficient (Wildman–Crippen LogP) is 3.84. The zero-order valence-corrected chi connectivity index (χ0v) is 16.1. The van der Waals surface area contributed by atoms with Gasteiger partial charge >= 0.3 is 6.18 Å². The van der Waals surface area contributed by atoms with Crippen LogP contribution in [0.4, 0.5) is 18.9 Å². The van der Waals surface area contributed by atoms with Gasteiger partial charge in [0.2, 0.25) is 11.5 Å². The molecule has 1 atom stereocenters. The smallest absolute Gasteiger partial charge is 0.423 e. The van der Waals surface area contributed by atoms with E-state index >= 15 is 0 Å². The molecule has 2 aromatic carbocycles. The van der Waals surface area contributed by atoms with Gasteiger partial charge in [0, 0.05) is 25.3 Å². The summed E-state index contributed by atoms with van der Waals surface area (Å²) >= 11 is 0. The van der Waals surface area contributed by atoms with Gasteiger partial charge in [-0.15, -0.1) is 0 Å². The highest BCUT2D eigenvalue weighted by molar-refractivity contribution is 5.91. The van der Waals surface area contributed by atoms with Crippen LogP contribution in [0.15, 0.2) is 54.6 Å². The number of alkyl halides is 3. The number of rotatable bonds is 8. The lowest BCUT2D eigenvalue weighted by molar-refractivity contribution is -0.384. The molecule has 0 saturated heterocycles. The highest BCUT2D eigenvalue weighted by Crippen LogP contribution is 2.42. The van der Waals surface area contributed by atoms with Crippen molar-refractivity contribution < 1.29 is 32.4 Å². The average molecular weight is 424 g/mol. The Morgan fingerprint density at radius 1 is 1.17 bits per heavy atom. The molecule has 0 radical (unpaired) electrons. The molecule has 0 saturated carbocycles. The Kier molecular flexibility index (Phi) is 7.17. The molecule has 0 aliphatic heterocycles. The maximum atomic E-state index is 13.9. The van der Waals surface area contributed by atoms with Gasteiger partial charge in [-0.1, -0.05) is 12.1 Å². The monoisotopic (exact) mass is 424 g/mol. The molecule has 7 nitrogen and oxygen atoms in total. The molecule has 0 heterocycles. The van der Waals surface area contributed by atoms with E-state index in [0.717, 1.165) is 13.2 Å². The van der Waals surface area contributed by atoms with E-state index in [2.05, 4.69) is 5.32 Å². The van der Waals surface area contributed by atoms with Crippen molar-refractivity contribution in [1.82, 2.24) is 5.32 Å². The van der Waals surface area contributed by atoms with Crippen molar-refractivity contribution in [3.8, 4) is 5.75 Å². The Labute approximate surface area is 170 Å². The topological polar surface area (TPSA) is 90.7 Å². The van der Waals surface area contributed by atoms with Crippen LogP contribution in [0.1, 0.15) is 11.1 Å². The molecule has 1 amide bonds. The number of benzene rings is 2. The Bertz CT molecular complexity index is 929. The minimum Gasteiger partial charge on any atom is -0.497 e. The van der Waals surface area contributed by atoms with E-state index in [1.807, 2.05) is 0 Å². The van der Waals surface area contributed by atoms with Gasteiger partial charge in [-0.05, 0) is 41.5 Å². The van der Waals surface area contributed by atoms with Gasteiger partial charge in [-0.2, -0.15) is 13.2 Å². The first-order valence-electron chi connectivity index (χ1n) is 8.60. The van der Waals surface area contributed by atoms with Gasteiger partial charge in [0.1, 0.15) is 5.75 Å². The number of carbonyl (C=O) groups excluding carboxylic acids is 1. The van der Waals surface area contributed by atoms with Gasteiger partial charge in [-0.3, -0.25) is 14.9 Å². The molecule has 0 aliphatic carbocycles. The standard InChI is InChI=1S/C20H19F3N2O5/c1-29-17-5-3-4-15(12-17)19(30-2,20(21,22)23)13-24-18(26)11-8-14-6-9-16(10-7-14)25(27)28/h3-12H,13H2,1-2H3,(H,24,26)/b11-8+. The van der Waals surface area contributed by atoms with Crippen LogP contribution in [0.25, 0.3) is 6.08 Å². The molecule has 30 heavy (non-hydrogen) atoms. The first-order chi connectivity index (χ1) is 14.1. The fraction of sp³-hybridized carbons (Fsp3) is 0.250. The SMILES string of the molecule is COc1cccc(C(CNC(=O)/C=C/c2ccc([N+](=O)[O-])cc2)(OC)C(F)(F)F)c1. The third-order valence-electron chi connectivity index (χ3n) is 4.39. The van der Waals surface area contributed by atoms with Gasteiger partial charge in [0.25, 0.3) is 5.69 Å². The van der Waals surface area contributed by atoms with Gasteiger partial charge in [0.15, 0.2) is 0 Å². The summed E-state index contributed by atoms with van der Waals surface area (Å²) in [7, 11) is 2.23. The van der Waals surface area contributed by atoms with E-state index in [9.17, 15) is 28.1 Å². The molecule has 0 bridgehead atoms. The molecule has 10 heteroatoms. The maximum Gasteiger partial charge on any atom is 0.423 e. The lowest BCUT2D eigenvalue weighted by atomic mass is 9.92. The number of ether oxygens (including phenoxy) is 2. The number of nitrogens with zero attached hydrogens (tertiary/aromatic N) is 1.